The SMILES string of the molecule is O=C1C2=C(C(=O)c3ccccc31)N(CCN1CCN(c3ccc([N+](=O)[O-])c(N4CCCC4)c3)CC1)[NH+]([O-])N2. The Morgan fingerprint density at radius 1 is 0.868 bits per heavy atom. The summed E-state index contributed by atoms with van der Waals surface area (Å²) in [6, 6.07) is 12.0. The minimum atomic E-state index is -0.455. The highest BCUT2D eigenvalue weighted by molar-refractivity contribution is 6.26. The zero-order chi connectivity index (χ0) is 26.4. The molecular formula is C26H29N7O5. The van der Waals surface area contributed by atoms with Gasteiger partial charge in [-0.3, -0.25) is 24.6 Å². The van der Waals surface area contributed by atoms with Crippen LogP contribution in [0.5, 0.6) is 0 Å². The molecule has 38 heavy (non-hydrogen) atoms. The molecule has 0 saturated carbocycles. The van der Waals surface area contributed by atoms with Crippen molar-refractivity contribution in [1.29, 1.82) is 0 Å². The van der Waals surface area contributed by atoms with E-state index >= 15 is 0 Å². The summed E-state index contributed by atoms with van der Waals surface area (Å²) in [5, 5.41) is 25.2. The zero-order valence-electron chi connectivity index (χ0n) is 20.9. The summed E-state index contributed by atoms with van der Waals surface area (Å²) in [5.74, 6) is -0.651. The number of Topliss-reactive ketones (excluding diaryl/α,β-unsaturated/α-hetero) is 2. The molecule has 12 nitrogen and oxygen atoms in total. The summed E-state index contributed by atoms with van der Waals surface area (Å²) in [5.41, 5.74) is 5.24. The van der Waals surface area contributed by atoms with Crippen molar-refractivity contribution >= 4 is 28.6 Å². The molecule has 1 unspecified atom stereocenters. The second kappa shape index (κ2) is 9.71. The highest BCUT2D eigenvalue weighted by Crippen LogP contribution is 2.35. The fourth-order valence-corrected chi connectivity index (χ4v) is 5.77. The Hall–Kier alpha value is -4.00. The molecule has 0 amide bonds. The van der Waals surface area contributed by atoms with Crippen molar-refractivity contribution in [3.8, 4) is 0 Å². The van der Waals surface area contributed by atoms with Gasteiger partial charge in [-0.15, -0.1) is 0 Å². The van der Waals surface area contributed by atoms with E-state index < -0.39 is 5.28 Å². The largest absolute Gasteiger partial charge is 0.582 e. The van der Waals surface area contributed by atoms with Crippen molar-refractivity contribution in [1.82, 2.24) is 15.3 Å². The van der Waals surface area contributed by atoms with Crippen LogP contribution < -0.4 is 20.5 Å². The molecule has 2 saturated heterocycles. The van der Waals surface area contributed by atoms with Gasteiger partial charge in [-0.05, 0) is 25.0 Å². The maximum Gasteiger partial charge on any atom is 0.292 e. The maximum atomic E-state index is 13.1. The van der Waals surface area contributed by atoms with Crippen molar-refractivity contribution in [3.05, 3.63) is 80.3 Å². The normalized spacial score (nSPS) is 21.6. The van der Waals surface area contributed by atoms with Crippen LogP contribution in [-0.4, -0.2) is 78.8 Å². The fourth-order valence-electron chi connectivity index (χ4n) is 5.77. The third-order valence-corrected chi connectivity index (χ3v) is 7.82. The first-order chi connectivity index (χ1) is 18.4. The number of ketones is 2. The number of allylic oxidation sites excluding steroid dienone is 2. The number of nitro benzene ring substituents is 1. The molecule has 0 aromatic heterocycles. The van der Waals surface area contributed by atoms with Crippen LogP contribution >= 0.6 is 0 Å². The second-order valence-corrected chi connectivity index (χ2v) is 9.96. The van der Waals surface area contributed by atoms with E-state index in [4.69, 9.17) is 0 Å². The van der Waals surface area contributed by atoms with E-state index in [0.29, 0.717) is 29.9 Å². The lowest BCUT2D eigenvalue weighted by atomic mass is 9.90. The number of rotatable bonds is 6. The molecule has 2 N–H and O–H groups in total. The van der Waals surface area contributed by atoms with Gasteiger partial charge in [0.2, 0.25) is 11.6 Å². The first-order valence-corrected chi connectivity index (χ1v) is 12.9. The van der Waals surface area contributed by atoms with Crippen LogP contribution in [0.1, 0.15) is 33.6 Å². The van der Waals surface area contributed by atoms with Gasteiger partial charge in [0.15, 0.2) is 11.4 Å². The number of benzene rings is 2. The predicted molar refractivity (Wildman–Crippen MR) is 139 cm³/mol. The molecule has 1 aliphatic carbocycles. The predicted octanol–water partition coefficient (Wildman–Crippen LogP) is 0.726. The highest BCUT2D eigenvalue weighted by Gasteiger charge is 2.43. The summed E-state index contributed by atoms with van der Waals surface area (Å²) < 4.78 is 0. The summed E-state index contributed by atoms with van der Waals surface area (Å²) in [6.07, 6.45) is 2.08. The van der Waals surface area contributed by atoms with Gasteiger partial charge < -0.3 is 15.0 Å². The summed E-state index contributed by atoms with van der Waals surface area (Å²) in [4.78, 5) is 43.8. The lowest BCUT2D eigenvalue weighted by Crippen LogP contribution is -3.17. The van der Waals surface area contributed by atoms with Crippen LogP contribution in [0.3, 0.4) is 0 Å². The monoisotopic (exact) mass is 519 g/mol. The first-order valence-electron chi connectivity index (χ1n) is 12.9. The lowest BCUT2D eigenvalue weighted by Gasteiger charge is -2.37. The van der Waals surface area contributed by atoms with Crippen LogP contribution in [-0.2, 0) is 0 Å². The van der Waals surface area contributed by atoms with Gasteiger partial charge >= 0.3 is 0 Å². The van der Waals surface area contributed by atoms with Crippen LogP contribution in [0.25, 0.3) is 0 Å². The van der Waals surface area contributed by atoms with Gasteiger partial charge in [0.05, 0.1) is 11.5 Å². The summed E-state index contributed by atoms with van der Waals surface area (Å²) >= 11 is 0. The van der Waals surface area contributed by atoms with Crippen LogP contribution in [0, 0.1) is 15.3 Å². The quantitative estimate of drug-likeness (QED) is 0.320. The van der Waals surface area contributed by atoms with Gasteiger partial charge in [-0.25, -0.2) is 5.43 Å². The molecule has 12 heteroatoms. The fraction of sp³-hybridized carbons (Fsp3) is 0.385. The third kappa shape index (κ3) is 4.16. The number of hydrogen-bond acceptors (Lipinski definition) is 10. The Morgan fingerprint density at radius 2 is 1.55 bits per heavy atom. The molecule has 1 atom stereocenters. The average Bonchev–Trinajstić information content (AvgIpc) is 3.59. The van der Waals surface area contributed by atoms with E-state index in [9.17, 15) is 24.9 Å². The molecule has 0 bridgehead atoms. The summed E-state index contributed by atoms with van der Waals surface area (Å²) in [7, 11) is 0. The van der Waals surface area contributed by atoms with Crippen molar-refractivity contribution in [2.24, 2.45) is 0 Å². The molecule has 0 radical (unpaired) electrons. The minimum Gasteiger partial charge on any atom is -0.582 e. The van der Waals surface area contributed by atoms with Gasteiger partial charge in [0.1, 0.15) is 5.69 Å². The Kier molecular flexibility index (Phi) is 6.22. The molecule has 2 fully saturated rings. The number of nitrogens with one attached hydrogen (secondary N) is 2. The molecular weight excluding hydrogens is 490 g/mol. The maximum absolute atomic E-state index is 13.1. The van der Waals surface area contributed by atoms with E-state index in [-0.39, 0.29) is 33.6 Å². The molecule has 2 aromatic carbocycles. The smallest absolute Gasteiger partial charge is 0.292 e. The molecule has 4 aliphatic rings. The van der Waals surface area contributed by atoms with Crippen LogP contribution in [0.15, 0.2) is 53.9 Å². The Morgan fingerprint density at radius 3 is 2.24 bits per heavy atom. The molecule has 6 rings (SSSR count). The number of quaternary nitrogens is 1. The van der Waals surface area contributed by atoms with Crippen LogP contribution in [0.2, 0.25) is 0 Å². The highest BCUT2D eigenvalue weighted by atomic mass is 16.6. The number of carbonyl (C=O) groups excluding carboxylic acids is 2. The topological polar surface area (TPSA) is 130 Å². The van der Waals surface area contributed by atoms with Crippen molar-refractivity contribution < 1.29 is 19.8 Å². The second-order valence-electron chi connectivity index (χ2n) is 9.96. The lowest BCUT2D eigenvalue weighted by molar-refractivity contribution is -0.993. The van der Waals surface area contributed by atoms with E-state index in [2.05, 4.69) is 20.1 Å². The number of hydrogen-bond donors (Lipinski definition) is 2. The van der Waals surface area contributed by atoms with Crippen molar-refractivity contribution in [2.75, 3.05) is 62.2 Å². The molecule has 2 aromatic rings. The van der Waals surface area contributed by atoms with Gasteiger partial charge in [0, 0.05) is 68.7 Å². The number of piperazine rings is 1. The van der Waals surface area contributed by atoms with E-state index in [1.54, 1.807) is 30.3 Å². The molecule has 3 aliphatic heterocycles. The number of anilines is 2. The van der Waals surface area contributed by atoms with E-state index in [1.807, 2.05) is 12.1 Å². The average molecular weight is 520 g/mol. The number of nitro groups is 1. The molecule has 3 heterocycles. The van der Waals surface area contributed by atoms with Gasteiger partial charge in [-0.1, -0.05) is 24.3 Å². The molecule has 0 spiro atoms. The first kappa shape index (κ1) is 24.3. The van der Waals surface area contributed by atoms with Gasteiger partial charge in [-0.2, -0.15) is 10.3 Å². The number of nitrogens with zero attached hydrogens (tertiary/aromatic N) is 5. The number of fused-ring (bicyclic) bond motifs is 1. The van der Waals surface area contributed by atoms with E-state index in [1.165, 1.54) is 5.01 Å². The van der Waals surface area contributed by atoms with Crippen LogP contribution in [0.4, 0.5) is 17.1 Å². The minimum absolute atomic E-state index is 0.0653. The summed E-state index contributed by atoms with van der Waals surface area (Å²) in [6.45, 7) is 5.48. The van der Waals surface area contributed by atoms with Gasteiger partial charge in [0.25, 0.3) is 5.69 Å². The Bertz CT molecular complexity index is 1330. The Labute approximate surface area is 219 Å². The van der Waals surface area contributed by atoms with E-state index in [0.717, 1.165) is 57.8 Å². The molecule has 198 valence electrons. The Balaban J connectivity index is 1.10. The zero-order valence-corrected chi connectivity index (χ0v) is 20.9. The van der Waals surface area contributed by atoms with Crippen molar-refractivity contribution in [3.63, 3.8) is 0 Å². The van der Waals surface area contributed by atoms with Crippen molar-refractivity contribution in [2.45, 2.75) is 12.8 Å². The standard InChI is InChI=1S/C26H29N7O5/c34-25-19-5-1-2-6-20(19)26(35)24-23(25)27-33(38)31(24)16-13-28-11-14-29(15-12-28)18-7-8-21(32(36)37)22(17-18)30-9-3-4-10-30/h1-2,5-8,17,27,33H,3-4,9-16H2. The number of carbonyl (C=O) groups is 2. The third-order valence-electron chi connectivity index (χ3n) is 7.82.